The number of halogens is 1. The maximum Gasteiger partial charge on any atom is 0.317 e. The first-order valence-electron chi connectivity index (χ1n) is 9.83. The number of nitrogens with one attached hydrogen (secondary N) is 1. The zero-order chi connectivity index (χ0) is 19.1. The van der Waals surface area contributed by atoms with Crippen molar-refractivity contribution in [2.75, 3.05) is 31.9 Å². The highest BCUT2D eigenvalue weighted by molar-refractivity contribution is 7.99. The lowest BCUT2D eigenvalue weighted by Crippen LogP contribution is -2.54. The van der Waals surface area contributed by atoms with Gasteiger partial charge in [0, 0.05) is 49.3 Å². The molecule has 1 N–H and O–H groups in total. The van der Waals surface area contributed by atoms with E-state index in [9.17, 15) is 14.0 Å². The van der Waals surface area contributed by atoms with Gasteiger partial charge in [-0.15, -0.1) is 11.8 Å². The third kappa shape index (κ3) is 6.13. The quantitative estimate of drug-likeness (QED) is 0.779. The molecule has 2 aliphatic rings. The molecule has 1 aromatic carbocycles. The van der Waals surface area contributed by atoms with E-state index in [-0.39, 0.29) is 17.8 Å². The van der Waals surface area contributed by atoms with Crippen LogP contribution in [0.2, 0.25) is 0 Å². The van der Waals surface area contributed by atoms with Crippen LogP contribution in [0.5, 0.6) is 0 Å². The number of rotatable bonds is 5. The van der Waals surface area contributed by atoms with Crippen molar-refractivity contribution >= 4 is 23.7 Å². The normalized spacial score (nSPS) is 18.4. The van der Waals surface area contributed by atoms with Gasteiger partial charge in [-0.2, -0.15) is 0 Å². The molecule has 2 fully saturated rings. The largest absolute Gasteiger partial charge is 0.339 e. The van der Waals surface area contributed by atoms with Gasteiger partial charge in [-0.3, -0.25) is 4.79 Å². The van der Waals surface area contributed by atoms with Crippen LogP contribution in [0.15, 0.2) is 29.2 Å². The molecule has 27 heavy (non-hydrogen) atoms. The second-order valence-corrected chi connectivity index (χ2v) is 8.37. The molecule has 3 rings (SSSR count). The van der Waals surface area contributed by atoms with Crippen molar-refractivity contribution in [2.24, 2.45) is 0 Å². The van der Waals surface area contributed by atoms with Crippen molar-refractivity contribution in [1.29, 1.82) is 0 Å². The van der Waals surface area contributed by atoms with Crippen molar-refractivity contribution < 1.29 is 14.0 Å². The Labute approximate surface area is 164 Å². The molecule has 7 heteroatoms. The van der Waals surface area contributed by atoms with Gasteiger partial charge in [0.25, 0.3) is 0 Å². The molecule has 1 aliphatic heterocycles. The smallest absolute Gasteiger partial charge is 0.317 e. The van der Waals surface area contributed by atoms with E-state index in [0.29, 0.717) is 44.4 Å². The minimum Gasteiger partial charge on any atom is -0.339 e. The fourth-order valence-electron chi connectivity index (χ4n) is 3.62. The average Bonchev–Trinajstić information content (AvgIpc) is 2.70. The lowest BCUT2D eigenvalue weighted by molar-refractivity contribution is -0.132. The number of nitrogens with zero attached hydrogens (tertiary/aromatic N) is 2. The highest BCUT2D eigenvalue weighted by Gasteiger charge is 2.25. The van der Waals surface area contributed by atoms with Gasteiger partial charge in [0.1, 0.15) is 5.82 Å². The SMILES string of the molecule is O=C(CCSc1ccc(F)cc1)N1CCN(C(=O)NC2CCCCC2)CC1. The predicted molar refractivity (Wildman–Crippen MR) is 105 cm³/mol. The number of carbonyl (C=O) groups excluding carboxylic acids is 2. The fraction of sp³-hybridized carbons (Fsp3) is 0.600. The minimum atomic E-state index is -0.249. The molecule has 148 valence electrons. The van der Waals surface area contributed by atoms with E-state index in [1.165, 1.54) is 31.4 Å². The number of thioether (sulfide) groups is 1. The first kappa shape index (κ1) is 20.0. The lowest BCUT2D eigenvalue weighted by Gasteiger charge is -2.36. The Hall–Kier alpha value is -1.76. The predicted octanol–water partition coefficient (Wildman–Crippen LogP) is 3.49. The first-order chi connectivity index (χ1) is 13.1. The van der Waals surface area contributed by atoms with Crippen molar-refractivity contribution in [3.8, 4) is 0 Å². The molecule has 0 radical (unpaired) electrons. The first-order valence-corrected chi connectivity index (χ1v) is 10.8. The molecule has 0 atom stereocenters. The standard InChI is InChI=1S/C20H28FN3O2S/c21-16-6-8-18(9-7-16)27-15-10-19(25)23-11-13-24(14-12-23)20(26)22-17-4-2-1-3-5-17/h6-9,17H,1-5,10-15H2,(H,22,26). The van der Waals surface area contributed by atoms with Crippen molar-refractivity contribution in [2.45, 2.75) is 49.5 Å². The highest BCUT2D eigenvalue weighted by Crippen LogP contribution is 2.20. The van der Waals surface area contributed by atoms with Gasteiger partial charge >= 0.3 is 6.03 Å². The summed E-state index contributed by atoms with van der Waals surface area (Å²) < 4.78 is 12.9. The van der Waals surface area contributed by atoms with E-state index in [1.54, 1.807) is 23.9 Å². The molecule has 0 aromatic heterocycles. The van der Waals surface area contributed by atoms with E-state index in [4.69, 9.17) is 0 Å². The summed E-state index contributed by atoms with van der Waals surface area (Å²) in [5.41, 5.74) is 0. The molecule has 0 unspecified atom stereocenters. The summed E-state index contributed by atoms with van der Waals surface area (Å²) in [5, 5.41) is 3.14. The van der Waals surface area contributed by atoms with Crippen LogP contribution in [0.1, 0.15) is 38.5 Å². The summed E-state index contributed by atoms with van der Waals surface area (Å²) in [5.74, 6) is 0.546. The van der Waals surface area contributed by atoms with E-state index >= 15 is 0 Å². The van der Waals surface area contributed by atoms with Gasteiger partial charge in [-0.05, 0) is 37.1 Å². The Morgan fingerprint density at radius 1 is 1.00 bits per heavy atom. The van der Waals surface area contributed by atoms with Gasteiger partial charge in [0.2, 0.25) is 5.91 Å². The lowest BCUT2D eigenvalue weighted by atomic mass is 9.96. The van der Waals surface area contributed by atoms with E-state index in [2.05, 4.69) is 5.32 Å². The average molecular weight is 394 g/mol. The van der Waals surface area contributed by atoms with Crippen molar-refractivity contribution in [1.82, 2.24) is 15.1 Å². The number of urea groups is 1. The Kier molecular flexibility index (Phi) is 7.38. The van der Waals surface area contributed by atoms with Gasteiger partial charge in [0.05, 0.1) is 0 Å². The van der Waals surface area contributed by atoms with Crippen LogP contribution >= 0.6 is 11.8 Å². The zero-order valence-corrected chi connectivity index (χ0v) is 16.5. The fourth-order valence-corrected chi connectivity index (χ4v) is 4.46. The Balaban J connectivity index is 1.34. The molecule has 1 aromatic rings. The number of hydrogen-bond acceptors (Lipinski definition) is 3. The molecule has 3 amide bonds. The van der Waals surface area contributed by atoms with Gasteiger partial charge in [0.15, 0.2) is 0 Å². The molecule has 5 nitrogen and oxygen atoms in total. The summed E-state index contributed by atoms with van der Waals surface area (Å²) in [7, 11) is 0. The molecule has 1 saturated carbocycles. The Morgan fingerprint density at radius 3 is 2.30 bits per heavy atom. The molecule has 1 heterocycles. The molecule has 0 bridgehead atoms. The van der Waals surface area contributed by atoms with Crippen molar-refractivity contribution in [3.05, 3.63) is 30.1 Å². The third-order valence-corrected chi connectivity index (χ3v) is 6.26. The maximum absolute atomic E-state index is 12.9. The van der Waals surface area contributed by atoms with Crippen LogP contribution in [0.3, 0.4) is 0 Å². The molecule has 1 aliphatic carbocycles. The van der Waals surface area contributed by atoms with E-state index in [1.807, 2.05) is 9.80 Å². The summed E-state index contributed by atoms with van der Waals surface area (Å²) in [6, 6.07) is 6.65. The summed E-state index contributed by atoms with van der Waals surface area (Å²) in [6.45, 7) is 2.38. The summed E-state index contributed by atoms with van der Waals surface area (Å²) in [6.07, 6.45) is 6.28. The number of benzene rings is 1. The summed E-state index contributed by atoms with van der Waals surface area (Å²) in [4.78, 5) is 29.4. The highest BCUT2D eigenvalue weighted by atomic mass is 32.2. The second-order valence-electron chi connectivity index (χ2n) is 7.20. The van der Waals surface area contributed by atoms with Crippen LogP contribution in [-0.2, 0) is 4.79 Å². The topological polar surface area (TPSA) is 52.7 Å². The number of hydrogen-bond donors (Lipinski definition) is 1. The van der Waals surface area contributed by atoms with Gasteiger partial charge < -0.3 is 15.1 Å². The zero-order valence-electron chi connectivity index (χ0n) is 15.7. The molecular formula is C20H28FN3O2S. The van der Waals surface area contributed by atoms with Crippen LogP contribution in [0.4, 0.5) is 9.18 Å². The summed E-state index contributed by atoms with van der Waals surface area (Å²) >= 11 is 1.56. The maximum atomic E-state index is 12.9. The number of amides is 3. The number of piperazine rings is 1. The van der Waals surface area contributed by atoms with Crippen LogP contribution < -0.4 is 5.32 Å². The van der Waals surface area contributed by atoms with Crippen molar-refractivity contribution in [3.63, 3.8) is 0 Å². The van der Waals surface area contributed by atoms with Crippen LogP contribution in [-0.4, -0.2) is 59.7 Å². The molecular weight excluding hydrogens is 365 g/mol. The van der Waals surface area contributed by atoms with E-state index in [0.717, 1.165) is 17.7 Å². The van der Waals surface area contributed by atoms with Gasteiger partial charge in [-0.1, -0.05) is 19.3 Å². The second kappa shape index (κ2) is 9.97. The van der Waals surface area contributed by atoms with Crippen LogP contribution in [0.25, 0.3) is 0 Å². The van der Waals surface area contributed by atoms with Gasteiger partial charge in [-0.25, -0.2) is 9.18 Å². The molecule has 1 saturated heterocycles. The van der Waals surface area contributed by atoms with E-state index < -0.39 is 0 Å². The monoisotopic (exact) mass is 393 g/mol. The minimum absolute atomic E-state index is 0.0147. The number of carbonyl (C=O) groups is 2. The molecule has 0 spiro atoms. The third-order valence-electron chi connectivity index (χ3n) is 5.25. The Bertz CT molecular complexity index is 627. The Morgan fingerprint density at radius 2 is 1.63 bits per heavy atom. The van der Waals surface area contributed by atoms with Crippen LogP contribution in [0, 0.1) is 5.82 Å².